The van der Waals surface area contributed by atoms with Crippen LogP contribution in [0.4, 0.5) is 17.2 Å². The van der Waals surface area contributed by atoms with E-state index in [1.807, 2.05) is 31.2 Å². The van der Waals surface area contributed by atoms with Crippen LogP contribution in [0.2, 0.25) is 0 Å². The van der Waals surface area contributed by atoms with Gasteiger partial charge in [-0.25, -0.2) is 4.98 Å². The Kier molecular flexibility index (Phi) is 4.86. The van der Waals surface area contributed by atoms with E-state index in [1.54, 1.807) is 36.8 Å². The molecule has 0 saturated heterocycles. The normalized spacial score (nSPS) is 10.2. The van der Waals surface area contributed by atoms with Crippen LogP contribution in [0, 0.1) is 6.92 Å². The summed E-state index contributed by atoms with van der Waals surface area (Å²) in [6.07, 6.45) is 5.06. The van der Waals surface area contributed by atoms with Crippen LogP contribution in [0.25, 0.3) is 0 Å². The maximum atomic E-state index is 12.4. The molecule has 2 aromatic heterocycles. The topological polar surface area (TPSA) is 66.9 Å². The number of benzene rings is 1. The number of carbonyl (C=O) groups is 1. The fraction of sp³-hybridized carbons (Fsp3) is 0.0556. The molecule has 0 atom stereocenters. The van der Waals surface area contributed by atoms with Crippen molar-refractivity contribution in [2.45, 2.75) is 6.92 Å². The van der Waals surface area contributed by atoms with Crippen LogP contribution in [-0.2, 0) is 0 Å². The van der Waals surface area contributed by atoms with Crippen molar-refractivity contribution < 1.29 is 4.79 Å². The highest BCUT2D eigenvalue weighted by molar-refractivity contribution is 9.10. The molecule has 0 spiro atoms. The number of hydrogen-bond donors (Lipinski definition) is 2. The first-order valence-electron chi connectivity index (χ1n) is 7.32. The van der Waals surface area contributed by atoms with Crippen molar-refractivity contribution in [3.63, 3.8) is 0 Å². The summed E-state index contributed by atoms with van der Waals surface area (Å²) < 4.78 is 0.927. The van der Waals surface area contributed by atoms with Crippen molar-refractivity contribution in [3.8, 4) is 0 Å². The highest BCUT2D eigenvalue weighted by atomic mass is 79.9. The fourth-order valence-corrected chi connectivity index (χ4v) is 2.34. The lowest BCUT2D eigenvalue weighted by molar-refractivity contribution is 0.102. The summed E-state index contributed by atoms with van der Waals surface area (Å²) in [6.45, 7) is 1.98. The van der Waals surface area contributed by atoms with E-state index in [9.17, 15) is 4.79 Å². The Bertz CT molecular complexity index is 848. The van der Waals surface area contributed by atoms with Gasteiger partial charge in [0.15, 0.2) is 0 Å². The lowest BCUT2D eigenvalue weighted by Gasteiger charge is -2.12. The van der Waals surface area contributed by atoms with E-state index in [-0.39, 0.29) is 5.91 Å². The SMILES string of the molecule is Cc1ccc(Nc2cnccc2NC(=O)c2ccc(Br)cc2)nc1. The second kappa shape index (κ2) is 7.23. The third-order valence-corrected chi connectivity index (χ3v) is 3.88. The van der Waals surface area contributed by atoms with Crippen molar-refractivity contribution in [3.05, 3.63) is 76.7 Å². The number of hydrogen-bond acceptors (Lipinski definition) is 4. The maximum Gasteiger partial charge on any atom is 0.255 e. The van der Waals surface area contributed by atoms with Crippen molar-refractivity contribution >= 4 is 39.0 Å². The number of nitrogens with zero attached hydrogens (tertiary/aromatic N) is 2. The molecule has 3 aromatic rings. The van der Waals surface area contributed by atoms with Gasteiger partial charge in [-0.2, -0.15) is 0 Å². The van der Waals surface area contributed by atoms with Crippen LogP contribution in [0.3, 0.4) is 0 Å². The molecule has 3 rings (SSSR count). The molecular weight excluding hydrogens is 368 g/mol. The molecule has 0 aliphatic heterocycles. The molecule has 0 aliphatic carbocycles. The van der Waals surface area contributed by atoms with Crippen molar-refractivity contribution in [1.82, 2.24) is 9.97 Å². The fourth-order valence-electron chi connectivity index (χ4n) is 2.08. The lowest BCUT2D eigenvalue weighted by Crippen LogP contribution is -2.13. The molecule has 24 heavy (non-hydrogen) atoms. The van der Waals surface area contributed by atoms with E-state index in [0.717, 1.165) is 10.0 Å². The van der Waals surface area contributed by atoms with E-state index in [4.69, 9.17) is 0 Å². The summed E-state index contributed by atoms with van der Waals surface area (Å²) in [5.41, 5.74) is 2.98. The van der Waals surface area contributed by atoms with Gasteiger partial charge in [0.1, 0.15) is 5.82 Å². The van der Waals surface area contributed by atoms with E-state index in [2.05, 4.69) is 36.5 Å². The largest absolute Gasteiger partial charge is 0.337 e. The molecule has 1 aromatic carbocycles. The van der Waals surface area contributed by atoms with Crippen molar-refractivity contribution in [2.24, 2.45) is 0 Å². The van der Waals surface area contributed by atoms with Gasteiger partial charge in [-0.3, -0.25) is 9.78 Å². The van der Waals surface area contributed by atoms with E-state index >= 15 is 0 Å². The van der Waals surface area contributed by atoms with Gasteiger partial charge in [0.25, 0.3) is 5.91 Å². The molecule has 2 N–H and O–H groups in total. The summed E-state index contributed by atoms with van der Waals surface area (Å²) in [7, 11) is 0. The van der Waals surface area contributed by atoms with Gasteiger partial charge in [-0.1, -0.05) is 22.0 Å². The van der Waals surface area contributed by atoms with Gasteiger partial charge < -0.3 is 10.6 Å². The number of nitrogens with one attached hydrogen (secondary N) is 2. The molecule has 5 nitrogen and oxygen atoms in total. The Balaban J connectivity index is 1.79. The Morgan fingerprint density at radius 3 is 2.50 bits per heavy atom. The lowest BCUT2D eigenvalue weighted by atomic mass is 10.2. The minimum absolute atomic E-state index is 0.186. The molecule has 1 amide bonds. The average Bonchev–Trinajstić information content (AvgIpc) is 2.59. The van der Waals surface area contributed by atoms with Crippen molar-refractivity contribution in [1.29, 1.82) is 0 Å². The zero-order chi connectivity index (χ0) is 16.9. The number of pyridine rings is 2. The number of amides is 1. The summed E-state index contributed by atoms with van der Waals surface area (Å²) >= 11 is 3.36. The van der Waals surface area contributed by atoms with Crippen molar-refractivity contribution in [2.75, 3.05) is 10.6 Å². The van der Waals surface area contributed by atoms with Crippen LogP contribution in [0.5, 0.6) is 0 Å². The molecule has 0 radical (unpaired) electrons. The van der Waals surface area contributed by atoms with Gasteiger partial charge in [0, 0.05) is 22.4 Å². The van der Waals surface area contributed by atoms with Crippen LogP contribution < -0.4 is 10.6 Å². The molecule has 6 heteroatoms. The highest BCUT2D eigenvalue weighted by Gasteiger charge is 2.10. The molecule has 0 bridgehead atoms. The monoisotopic (exact) mass is 382 g/mol. The number of halogens is 1. The molecule has 0 fully saturated rings. The second-order valence-electron chi connectivity index (χ2n) is 5.23. The first-order chi connectivity index (χ1) is 11.6. The van der Waals surface area contributed by atoms with Gasteiger partial charge in [0.2, 0.25) is 0 Å². The first-order valence-corrected chi connectivity index (χ1v) is 8.12. The first kappa shape index (κ1) is 16.1. The molecule has 120 valence electrons. The Labute approximate surface area is 148 Å². The summed E-state index contributed by atoms with van der Waals surface area (Å²) in [5.74, 6) is 0.501. The number of aromatic nitrogens is 2. The predicted octanol–water partition coefficient (Wildman–Crippen LogP) is 4.54. The maximum absolute atomic E-state index is 12.4. The highest BCUT2D eigenvalue weighted by Crippen LogP contribution is 2.24. The van der Waals surface area contributed by atoms with Gasteiger partial charge in [-0.15, -0.1) is 0 Å². The minimum Gasteiger partial charge on any atom is -0.337 e. The zero-order valence-electron chi connectivity index (χ0n) is 13.0. The van der Waals surface area contributed by atoms with Gasteiger partial charge in [-0.05, 0) is 48.9 Å². The summed E-state index contributed by atoms with van der Waals surface area (Å²) in [5, 5.41) is 6.06. The summed E-state index contributed by atoms with van der Waals surface area (Å²) in [6, 6.07) is 12.8. The van der Waals surface area contributed by atoms with Gasteiger partial charge in [0.05, 0.1) is 17.6 Å². The quantitative estimate of drug-likeness (QED) is 0.694. The molecule has 0 saturated carbocycles. The summed E-state index contributed by atoms with van der Waals surface area (Å²) in [4.78, 5) is 20.8. The van der Waals surface area contributed by atoms with E-state index < -0.39 is 0 Å². The number of rotatable bonds is 4. The van der Waals surface area contributed by atoms with Crippen LogP contribution in [0.1, 0.15) is 15.9 Å². The van der Waals surface area contributed by atoms with E-state index in [1.165, 1.54) is 0 Å². The Morgan fingerprint density at radius 1 is 1.00 bits per heavy atom. The van der Waals surface area contributed by atoms with Crippen LogP contribution >= 0.6 is 15.9 Å². The third-order valence-electron chi connectivity index (χ3n) is 3.35. The molecular formula is C18H15BrN4O. The second-order valence-corrected chi connectivity index (χ2v) is 6.14. The minimum atomic E-state index is -0.186. The number of anilines is 3. The zero-order valence-corrected chi connectivity index (χ0v) is 14.5. The predicted molar refractivity (Wildman–Crippen MR) is 98.6 cm³/mol. The number of aryl methyl sites for hydroxylation is 1. The molecule has 2 heterocycles. The smallest absolute Gasteiger partial charge is 0.255 e. The van der Waals surface area contributed by atoms with Crippen LogP contribution in [0.15, 0.2) is 65.5 Å². The standard InChI is InChI=1S/C18H15BrN4O/c1-12-2-7-17(21-10-12)22-16-11-20-9-8-15(16)23-18(24)13-3-5-14(19)6-4-13/h2-11H,1H3,(H,21,22)(H,20,23,24). The Morgan fingerprint density at radius 2 is 1.79 bits per heavy atom. The molecule has 0 aliphatic rings. The third kappa shape index (κ3) is 3.97. The van der Waals surface area contributed by atoms with Gasteiger partial charge >= 0.3 is 0 Å². The van der Waals surface area contributed by atoms with Crippen LogP contribution in [-0.4, -0.2) is 15.9 Å². The molecule has 0 unspecified atom stereocenters. The Hall–Kier alpha value is -2.73. The van der Waals surface area contributed by atoms with E-state index in [0.29, 0.717) is 22.8 Å². The average molecular weight is 383 g/mol. The number of carbonyl (C=O) groups excluding carboxylic acids is 1.